The number of nitrogens with two attached hydrogens (primary N) is 1. The summed E-state index contributed by atoms with van der Waals surface area (Å²) in [4.78, 5) is 11.9. The van der Waals surface area contributed by atoms with Crippen LogP contribution in [0.15, 0.2) is 4.90 Å². The standard InChI is InChI=1S/C12H20N4O4S/c1-2-9-11(21(13,18)19)10(16-15-9)12(17)14-7-8-5-3-4-6-20-8/h8H,2-7H2,1H3,(H,14,17)(H,15,16)(H2,13,18,19). The van der Waals surface area contributed by atoms with Gasteiger partial charge in [0.15, 0.2) is 5.69 Å². The maximum Gasteiger partial charge on any atom is 0.273 e. The van der Waals surface area contributed by atoms with Crippen LogP contribution < -0.4 is 10.5 Å². The number of H-pyrrole nitrogens is 1. The summed E-state index contributed by atoms with van der Waals surface area (Å²) < 4.78 is 28.7. The molecule has 0 saturated carbocycles. The number of rotatable bonds is 5. The number of aromatic nitrogens is 2. The third-order valence-corrected chi connectivity index (χ3v) is 4.42. The third kappa shape index (κ3) is 3.80. The maximum absolute atomic E-state index is 12.1. The van der Waals surface area contributed by atoms with E-state index in [0.29, 0.717) is 25.3 Å². The number of hydrogen-bond donors (Lipinski definition) is 3. The van der Waals surface area contributed by atoms with Crippen LogP contribution in [-0.2, 0) is 21.2 Å². The zero-order valence-corrected chi connectivity index (χ0v) is 12.7. The number of aromatic amines is 1. The summed E-state index contributed by atoms with van der Waals surface area (Å²) in [5.74, 6) is -0.566. The van der Waals surface area contributed by atoms with Crippen molar-refractivity contribution in [1.82, 2.24) is 15.5 Å². The first kappa shape index (κ1) is 15.9. The van der Waals surface area contributed by atoms with Crippen molar-refractivity contribution < 1.29 is 17.9 Å². The highest BCUT2D eigenvalue weighted by molar-refractivity contribution is 7.89. The molecule has 0 aromatic carbocycles. The lowest BCUT2D eigenvalue weighted by molar-refractivity contribution is 0.0168. The molecule has 0 radical (unpaired) electrons. The molecule has 1 aromatic rings. The van der Waals surface area contributed by atoms with Crippen LogP contribution in [0.5, 0.6) is 0 Å². The molecule has 21 heavy (non-hydrogen) atoms. The highest BCUT2D eigenvalue weighted by Gasteiger charge is 2.27. The van der Waals surface area contributed by atoms with Crippen LogP contribution in [0.25, 0.3) is 0 Å². The fourth-order valence-electron chi connectivity index (χ4n) is 2.33. The van der Waals surface area contributed by atoms with Gasteiger partial charge >= 0.3 is 0 Å². The number of amides is 1. The maximum atomic E-state index is 12.1. The smallest absolute Gasteiger partial charge is 0.273 e. The molecule has 9 heteroatoms. The molecule has 1 amide bonds. The predicted molar refractivity (Wildman–Crippen MR) is 75.3 cm³/mol. The van der Waals surface area contributed by atoms with Gasteiger partial charge < -0.3 is 10.1 Å². The van der Waals surface area contributed by atoms with Crippen LogP contribution in [0, 0.1) is 0 Å². The Balaban J connectivity index is 2.10. The van der Waals surface area contributed by atoms with Crippen LogP contribution in [0.1, 0.15) is 42.4 Å². The minimum atomic E-state index is -4.01. The van der Waals surface area contributed by atoms with Gasteiger partial charge in [0.2, 0.25) is 10.0 Å². The monoisotopic (exact) mass is 316 g/mol. The van der Waals surface area contributed by atoms with Gasteiger partial charge in [-0.3, -0.25) is 9.89 Å². The summed E-state index contributed by atoms with van der Waals surface area (Å²) in [6.45, 7) is 2.77. The van der Waals surface area contributed by atoms with E-state index in [1.54, 1.807) is 6.92 Å². The molecule has 1 aliphatic rings. The van der Waals surface area contributed by atoms with Crippen LogP contribution in [0.3, 0.4) is 0 Å². The van der Waals surface area contributed by atoms with E-state index in [1.165, 1.54) is 0 Å². The molecule has 1 atom stereocenters. The van der Waals surface area contributed by atoms with E-state index in [0.717, 1.165) is 19.3 Å². The van der Waals surface area contributed by atoms with Crippen molar-refractivity contribution in [3.05, 3.63) is 11.4 Å². The highest BCUT2D eigenvalue weighted by atomic mass is 32.2. The first-order valence-electron chi connectivity index (χ1n) is 6.93. The minimum Gasteiger partial charge on any atom is -0.376 e. The average Bonchev–Trinajstić information content (AvgIpc) is 2.90. The second kappa shape index (κ2) is 6.54. The van der Waals surface area contributed by atoms with E-state index in [9.17, 15) is 13.2 Å². The Morgan fingerprint density at radius 3 is 2.86 bits per heavy atom. The Hall–Kier alpha value is -1.45. The summed E-state index contributed by atoms with van der Waals surface area (Å²) in [6, 6.07) is 0. The Kier molecular flexibility index (Phi) is 4.96. The number of aryl methyl sites for hydroxylation is 1. The largest absolute Gasteiger partial charge is 0.376 e. The molecule has 1 fully saturated rings. The Bertz CT molecular complexity index is 605. The van der Waals surface area contributed by atoms with Crippen LogP contribution >= 0.6 is 0 Å². The van der Waals surface area contributed by atoms with Gasteiger partial charge in [-0.1, -0.05) is 6.92 Å². The van der Waals surface area contributed by atoms with Crippen LogP contribution in [0.2, 0.25) is 0 Å². The lowest BCUT2D eigenvalue weighted by Crippen LogP contribution is -2.36. The van der Waals surface area contributed by atoms with Crippen molar-refractivity contribution in [2.75, 3.05) is 13.2 Å². The second-order valence-electron chi connectivity index (χ2n) is 4.98. The number of primary sulfonamides is 1. The van der Waals surface area contributed by atoms with E-state index in [1.807, 2.05) is 0 Å². The number of hydrogen-bond acceptors (Lipinski definition) is 5. The summed E-state index contributed by atoms with van der Waals surface area (Å²) in [5, 5.41) is 14.1. The Labute approximate surface area is 123 Å². The van der Waals surface area contributed by atoms with E-state index in [2.05, 4.69) is 15.5 Å². The first-order chi connectivity index (χ1) is 9.93. The number of carbonyl (C=O) groups excluding carboxylic acids is 1. The van der Waals surface area contributed by atoms with Gasteiger partial charge in [0.1, 0.15) is 4.90 Å². The number of carbonyl (C=O) groups is 1. The van der Waals surface area contributed by atoms with E-state index in [-0.39, 0.29) is 16.7 Å². The Morgan fingerprint density at radius 1 is 1.52 bits per heavy atom. The molecule has 1 unspecified atom stereocenters. The minimum absolute atomic E-state index is 0.0368. The molecule has 118 valence electrons. The topological polar surface area (TPSA) is 127 Å². The van der Waals surface area contributed by atoms with Gasteiger partial charge in [-0.15, -0.1) is 0 Å². The molecule has 2 heterocycles. The van der Waals surface area contributed by atoms with Crippen LogP contribution in [-0.4, -0.2) is 43.8 Å². The quantitative estimate of drug-likeness (QED) is 0.700. The van der Waals surface area contributed by atoms with Crippen molar-refractivity contribution in [2.45, 2.75) is 43.6 Å². The summed E-state index contributed by atoms with van der Waals surface area (Å²) >= 11 is 0. The molecule has 8 nitrogen and oxygen atoms in total. The van der Waals surface area contributed by atoms with Crippen molar-refractivity contribution in [1.29, 1.82) is 0 Å². The van der Waals surface area contributed by atoms with Gasteiger partial charge in [-0.25, -0.2) is 13.6 Å². The second-order valence-corrected chi connectivity index (χ2v) is 6.48. The summed E-state index contributed by atoms with van der Waals surface area (Å²) in [6.07, 6.45) is 3.32. The molecular weight excluding hydrogens is 296 g/mol. The van der Waals surface area contributed by atoms with Crippen LogP contribution in [0.4, 0.5) is 0 Å². The molecule has 1 saturated heterocycles. The average molecular weight is 316 g/mol. The van der Waals surface area contributed by atoms with Gasteiger partial charge in [-0.05, 0) is 25.7 Å². The SMILES string of the molecule is CCc1[nH]nc(C(=O)NCC2CCCCO2)c1S(N)(=O)=O. The van der Waals surface area contributed by atoms with Crippen molar-refractivity contribution in [2.24, 2.45) is 5.14 Å². The van der Waals surface area contributed by atoms with Crippen molar-refractivity contribution in [3.63, 3.8) is 0 Å². The van der Waals surface area contributed by atoms with Gasteiger partial charge in [-0.2, -0.15) is 5.10 Å². The van der Waals surface area contributed by atoms with E-state index in [4.69, 9.17) is 9.88 Å². The number of sulfonamides is 1. The molecule has 0 aliphatic carbocycles. The van der Waals surface area contributed by atoms with Gasteiger partial charge in [0.05, 0.1) is 11.8 Å². The zero-order valence-electron chi connectivity index (χ0n) is 11.9. The van der Waals surface area contributed by atoms with E-state index < -0.39 is 15.9 Å². The fourth-order valence-corrected chi connectivity index (χ4v) is 3.27. The van der Waals surface area contributed by atoms with Crippen molar-refractivity contribution >= 4 is 15.9 Å². The molecular formula is C12H20N4O4S. The number of nitrogens with one attached hydrogen (secondary N) is 2. The molecule has 1 aromatic heterocycles. The third-order valence-electron chi connectivity index (χ3n) is 3.41. The highest BCUT2D eigenvalue weighted by Crippen LogP contribution is 2.17. The van der Waals surface area contributed by atoms with Crippen molar-refractivity contribution in [3.8, 4) is 0 Å². The molecule has 1 aliphatic heterocycles. The Morgan fingerprint density at radius 2 is 2.29 bits per heavy atom. The fraction of sp³-hybridized carbons (Fsp3) is 0.667. The van der Waals surface area contributed by atoms with E-state index >= 15 is 0 Å². The lowest BCUT2D eigenvalue weighted by atomic mass is 10.1. The summed E-state index contributed by atoms with van der Waals surface area (Å²) in [5.41, 5.74) is 0.140. The molecule has 0 spiro atoms. The number of ether oxygens (including phenoxy) is 1. The lowest BCUT2D eigenvalue weighted by Gasteiger charge is -2.22. The molecule has 0 bridgehead atoms. The van der Waals surface area contributed by atoms with Gasteiger partial charge in [0, 0.05) is 13.2 Å². The molecule has 2 rings (SSSR count). The first-order valence-corrected chi connectivity index (χ1v) is 8.48. The number of nitrogens with zero attached hydrogens (tertiary/aromatic N) is 1. The predicted octanol–water partition coefficient (Wildman–Crippen LogP) is -0.0816. The molecule has 4 N–H and O–H groups in total. The van der Waals surface area contributed by atoms with Gasteiger partial charge in [0.25, 0.3) is 5.91 Å². The normalized spacial score (nSPS) is 19.4. The summed E-state index contributed by atoms with van der Waals surface area (Å²) in [7, 11) is -4.01. The zero-order chi connectivity index (χ0) is 15.5.